The fourth-order valence-corrected chi connectivity index (χ4v) is 1.96. The molecule has 0 aliphatic rings. The predicted octanol–water partition coefficient (Wildman–Crippen LogP) is 3.55. The fourth-order valence-electron chi connectivity index (χ4n) is 1.21. The second-order valence-corrected chi connectivity index (χ2v) is 5.36. The van der Waals surface area contributed by atoms with Crippen LogP contribution < -0.4 is 5.32 Å². The van der Waals surface area contributed by atoms with E-state index in [0.29, 0.717) is 5.25 Å². The van der Waals surface area contributed by atoms with Crippen molar-refractivity contribution in [2.45, 2.75) is 38.2 Å². The predicted molar refractivity (Wildman–Crippen MR) is 69.4 cm³/mol. The maximum Gasteiger partial charge on any atom is 0.129 e. The van der Waals surface area contributed by atoms with Crippen molar-refractivity contribution in [3.63, 3.8) is 0 Å². The van der Waals surface area contributed by atoms with Crippen LogP contribution in [0.15, 0.2) is 18.3 Å². The highest BCUT2D eigenvalue weighted by atomic mass is 32.2. The molecule has 0 aliphatic heterocycles. The van der Waals surface area contributed by atoms with E-state index in [2.05, 4.69) is 37.1 Å². The number of anilines is 1. The summed E-state index contributed by atoms with van der Waals surface area (Å²) in [7, 11) is 0. The van der Waals surface area contributed by atoms with Gasteiger partial charge >= 0.3 is 0 Å². The molecule has 2 nitrogen and oxygen atoms in total. The molecule has 0 saturated carbocycles. The molecule has 0 fully saturated rings. The zero-order valence-corrected chi connectivity index (χ0v) is 10.6. The Balaban J connectivity index is 2.59. The average molecular weight is 224 g/mol. The highest BCUT2D eigenvalue weighted by molar-refractivity contribution is 7.99. The van der Waals surface area contributed by atoms with Crippen molar-refractivity contribution in [1.82, 2.24) is 4.98 Å². The lowest BCUT2D eigenvalue weighted by molar-refractivity contribution is 0.964. The van der Waals surface area contributed by atoms with Crippen LogP contribution in [0.3, 0.4) is 0 Å². The van der Waals surface area contributed by atoms with Gasteiger partial charge in [-0.1, -0.05) is 26.8 Å². The second-order valence-electron chi connectivity index (χ2n) is 3.80. The Hall–Kier alpha value is -0.700. The quantitative estimate of drug-likeness (QED) is 0.800. The van der Waals surface area contributed by atoms with Gasteiger partial charge in [-0.2, -0.15) is 11.8 Å². The lowest BCUT2D eigenvalue weighted by Crippen LogP contribution is -2.04. The normalized spacial score (nSPS) is 10.7. The number of pyridine rings is 1. The van der Waals surface area contributed by atoms with Crippen molar-refractivity contribution < 1.29 is 0 Å². The molecule has 0 unspecified atom stereocenters. The number of aromatic nitrogens is 1. The minimum absolute atomic E-state index is 0.671. The molecule has 0 aromatic carbocycles. The van der Waals surface area contributed by atoms with E-state index in [1.165, 1.54) is 5.56 Å². The number of nitrogens with one attached hydrogen (secondary N) is 1. The Bertz CT molecular complexity index is 287. The van der Waals surface area contributed by atoms with Gasteiger partial charge in [0.2, 0.25) is 0 Å². The molecule has 1 N–H and O–H groups in total. The Morgan fingerprint density at radius 1 is 1.47 bits per heavy atom. The molecule has 0 bridgehead atoms. The first-order chi connectivity index (χ1) is 7.24. The van der Waals surface area contributed by atoms with Gasteiger partial charge in [-0.3, -0.25) is 0 Å². The summed E-state index contributed by atoms with van der Waals surface area (Å²) >= 11 is 1.95. The molecular formula is C12H20N2S. The van der Waals surface area contributed by atoms with Crippen molar-refractivity contribution >= 4 is 17.6 Å². The van der Waals surface area contributed by atoms with E-state index in [1.807, 2.05) is 24.0 Å². The van der Waals surface area contributed by atoms with Gasteiger partial charge in [0, 0.05) is 24.1 Å². The van der Waals surface area contributed by atoms with Crippen LogP contribution in [-0.2, 0) is 5.75 Å². The van der Waals surface area contributed by atoms with Gasteiger partial charge in [0.15, 0.2) is 0 Å². The van der Waals surface area contributed by atoms with Gasteiger partial charge in [-0.25, -0.2) is 4.98 Å². The van der Waals surface area contributed by atoms with Crippen molar-refractivity contribution in [2.75, 3.05) is 11.9 Å². The molecule has 15 heavy (non-hydrogen) atoms. The number of hydrogen-bond acceptors (Lipinski definition) is 3. The third-order valence-corrected chi connectivity index (χ3v) is 3.15. The molecule has 1 rings (SSSR count). The first-order valence-electron chi connectivity index (χ1n) is 5.53. The molecule has 0 spiro atoms. The standard InChI is InChI=1S/C12H20N2S/c1-4-7-13-12-11(6-5-8-14-12)9-15-10(2)3/h5-6,8,10H,4,7,9H2,1-3H3,(H,13,14). The summed E-state index contributed by atoms with van der Waals surface area (Å²) in [6, 6.07) is 4.16. The zero-order valence-electron chi connectivity index (χ0n) is 9.79. The lowest BCUT2D eigenvalue weighted by Gasteiger charge is -2.10. The fraction of sp³-hybridized carbons (Fsp3) is 0.583. The topological polar surface area (TPSA) is 24.9 Å². The number of hydrogen-bond donors (Lipinski definition) is 1. The zero-order chi connectivity index (χ0) is 11.1. The number of rotatable bonds is 6. The van der Waals surface area contributed by atoms with Crippen molar-refractivity contribution in [2.24, 2.45) is 0 Å². The summed E-state index contributed by atoms with van der Waals surface area (Å²) in [6.07, 6.45) is 2.98. The van der Waals surface area contributed by atoms with Crippen LogP contribution in [0.1, 0.15) is 32.8 Å². The third-order valence-electron chi connectivity index (χ3n) is 2.01. The third kappa shape index (κ3) is 4.56. The summed E-state index contributed by atoms with van der Waals surface area (Å²) in [5, 5.41) is 4.03. The number of thioether (sulfide) groups is 1. The van der Waals surface area contributed by atoms with Crippen LogP contribution in [-0.4, -0.2) is 16.8 Å². The van der Waals surface area contributed by atoms with Crippen molar-refractivity contribution in [3.05, 3.63) is 23.9 Å². The van der Waals surface area contributed by atoms with Gasteiger partial charge in [0.1, 0.15) is 5.82 Å². The summed E-state index contributed by atoms with van der Waals surface area (Å²) in [5.74, 6) is 2.09. The Morgan fingerprint density at radius 3 is 2.93 bits per heavy atom. The SMILES string of the molecule is CCCNc1ncccc1CSC(C)C. The van der Waals surface area contributed by atoms with Crippen molar-refractivity contribution in [1.29, 1.82) is 0 Å². The van der Waals surface area contributed by atoms with Crippen molar-refractivity contribution in [3.8, 4) is 0 Å². The van der Waals surface area contributed by atoms with Crippen LogP contribution >= 0.6 is 11.8 Å². The molecule has 1 aromatic heterocycles. The number of nitrogens with zero attached hydrogens (tertiary/aromatic N) is 1. The Labute approximate surface area is 96.9 Å². The average Bonchev–Trinajstić information content (AvgIpc) is 2.24. The van der Waals surface area contributed by atoms with E-state index in [-0.39, 0.29) is 0 Å². The molecule has 0 radical (unpaired) electrons. The van der Waals surface area contributed by atoms with Gasteiger partial charge in [0.05, 0.1) is 0 Å². The summed E-state index contributed by atoms with van der Waals surface area (Å²) in [6.45, 7) is 7.61. The molecule has 1 aromatic rings. The largest absolute Gasteiger partial charge is 0.370 e. The van der Waals surface area contributed by atoms with Crippen LogP contribution in [0.25, 0.3) is 0 Å². The van der Waals surface area contributed by atoms with Crippen LogP contribution in [0.5, 0.6) is 0 Å². The first kappa shape index (κ1) is 12.4. The highest BCUT2D eigenvalue weighted by Gasteiger charge is 2.03. The lowest BCUT2D eigenvalue weighted by atomic mass is 10.3. The minimum Gasteiger partial charge on any atom is -0.370 e. The van der Waals surface area contributed by atoms with E-state index < -0.39 is 0 Å². The molecule has 0 aliphatic carbocycles. The molecular weight excluding hydrogens is 204 g/mol. The van der Waals surface area contributed by atoms with E-state index in [0.717, 1.165) is 24.5 Å². The molecule has 84 valence electrons. The summed E-state index contributed by atoms with van der Waals surface area (Å²) in [4.78, 5) is 4.37. The van der Waals surface area contributed by atoms with Crippen LogP contribution in [0, 0.1) is 0 Å². The van der Waals surface area contributed by atoms with Crippen LogP contribution in [0.2, 0.25) is 0 Å². The summed E-state index contributed by atoms with van der Waals surface area (Å²) in [5.41, 5.74) is 1.31. The first-order valence-corrected chi connectivity index (χ1v) is 6.58. The Morgan fingerprint density at radius 2 is 2.27 bits per heavy atom. The maximum atomic E-state index is 4.37. The highest BCUT2D eigenvalue weighted by Crippen LogP contribution is 2.21. The van der Waals surface area contributed by atoms with Gasteiger partial charge in [0.25, 0.3) is 0 Å². The molecule has 0 amide bonds. The molecule has 0 saturated heterocycles. The van der Waals surface area contributed by atoms with Gasteiger partial charge in [-0.15, -0.1) is 0 Å². The van der Waals surface area contributed by atoms with E-state index in [9.17, 15) is 0 Å². The minimum atomic E-state index is 0.671. The maximum absolute atomic E-state index is 4.37. The molecule has 1 heterocycles. The van der Waals surface area contributed by atoms with Crippen LogP contribution in [0.4, 0.5) is 5.82 Å². The second kappa shape index (κ2) is 6.72. The monoisotopic (exact) mass is 224 g/mol. The Kier molecular flexibility index (Phi) is 5.54. The van der Waals surface area contributed by atoms with Gasteiger partial charge in [-0.05, 0) is 17.7 Å². The smallest absolute Gasteiger partial charge is 0.129 e. The molecule has 0 atom stereocenters. The van der Waals surface area contributed by atoms with E-state index >= 15 is 0 Å². The van der Waals surface area contributed by atoms with Gasteiger partial charge < -0.3 is 5.32 Å². The van der Waals surface area contributed by atoms with E-state index in [4.69, 9.17) is 0 Å². The molecule has 3 heteroatoms. The van der Waals surface area contributed by atoms with E-state index in [1.54, 1.807) is 0 Å². The summed E-state index contributed by atoms with van der Waals surface area (Å²) < 4.78 is 0.